The Kier molecular flexibility index (Phi) is 6.51. The summed E-state index contributed by atoms with van der Waals surface area (Å²) >= 11 is 0. The second-order valence-electron chi connectivity index (χ2n) is 8.61. The Hall–Kier alpha value is -4.43. The van der Waals surface area contributed by atoms with E-state index in [1.54, 1.807) is 32.8 Å². The first-order valence-corrected chi connectivity index (χ1v) is 11.6. The number of benzene rings is 2. The molecule has 0 saturated carbocycles. The fourth-order valence-corrected chi connectivity index (χ4v) is 4.26. The highest BCUT2D eigenvalue weighted by atomic mass is 16.5. The Bertz CT molecular complexity index is 1530. The highest BCUT2D eigenvalue weighted by Gasteiger charge is 2.14. The molecule has 0 aliphatic heterocycles. The van der Waals surface area contributed by atoms with Crippen molar-refractivity contribution in [2.75, 3.05) is 26.6 Å². The fourth-order valence-electron chi connectivity index (χ4n) is 4.26. The first-order chi connectivity index (χ1) is 17.6. The molecule has 2 aromatic carbocycles. The van der Waals surface area contributed by atoms with E-state index in [2.05, 4.69) is 32.8 Å². The van der Waals surface area contributed by atoms with Crippen molar-refractivity contribution in [1.82, 2.24) is 15.0 Å². The normalized spacial score (nSPS) is 12.0. The number of rotatable bonds is 8. The molecule has 5 aromatic rings. The Balaban J connectivity index is 1.45. The molecule has 0 unspecified atom stereocenters. The van der Waals surface area contributed by atoms with Gasteiger partial charge in [0.05, 0.1) is 31.6 Å². The predicted molar refractivity (Wildman–Crippen MR) is 140 cm³/mol. The van der Waals surface area contributed by atoms with Crippen LogP contribution in [0.5, 0.6) is 17.2 Å². The zero-order valence-corrected chi connectivity index (χ0v) is 20.3. The predicted octanol–water partition coefficient (Wildman–Crippen LogP) is 3.68. The van der Waals surface area contributed by atoms with E-state index in [4.69, 9.17) is 19.9 Å². The second kappa shape index (κ2) is 10.1. The lowest BCUT2D eigenvalue weighted by Gasteiger charge is -2.13. The van der Waals surface area contributed by atoms with Crippen molar-refractivity contribution in [3.8, 4) is 28.5 Å². The molecule has 0 aliphatic rings. The maximum absolute atomic E-state index is 6.35. The summed E-state index contributed by atoms with van der Waals surface area (Å²) in [5, 5.41) is 2.57. The van der Waals surface area contributed by atoms with Gasteiger partial charge in [0.25, 0.3) is 0 Å². The average molecular weight is 483 g/mol. The minimum atomic E-state index is 0.108. The van der Waals surface area contributed by atoms with Crippen LogP contribution in [0.15, 0.2) is 73.2 Å². The number of hydrogen-bond acceptors (Lipinski definition) is 7. The van der Waals surface area contributed by atoms with Crippen molar-refractivity contribution in [2.45, 2.75) is 12.5 Å². The van der Waals surface area contributed by atoms with Gasteiger partial charge in [-0.25, -0.2) is 4.98 Å². The van der Waals surface area contributed by atoms with Crippen LogP contribution in [0.4, 0.5) is 5.82 Å². The van der Waals surface area contributed by atoms with Gasteiger partial charge in [-0.1, -0.05) is 30.3 Å². The molecular weight excluding hydrogens is 454 g/mol. The Morgan fingerprint density at radius 3 is 2.44 bits per heavy atom. The monoisotopic (exact) mass is 482 g/mol. The van der Waals surface area contributed by atoms with E-state index in [0.29, 0.717) is 35.4 Å². The standard InChI is InChI=1S/C28H27N5O3/c1-34-26-11-22-21-10-24(33-28(30)23(21)15-32-25(22)12-27(26)35-2)18-9-20(14-31-13-18)36-16-19(29)8-17-6-4-3-5-7-17/h3-7,9-15,19H,8,16,29H2,1-2H3,(H2,30,33)/p+1/t19-/m1/s1. The zero-order chi connectivity index (χ0) is 25.1. The molecule has 5 N–H and O–H groups in total. The van der Waals surface area contributed by atoms with E-state index >= 15 is 0 Å². The summed E-state index contributed by atoms with van der Waals surface area (Å²) in [4.78, 5) is 13.5. The Morgan fingerprint density at radius 1 is 0.889 bits per heavy atom. The van der Waals surface area contributed by atoms with E-state index in [0.717, 1.165) is 33.7 Å². The van der Waals surface area contributed by atoms with Gasteiger partial charge >= 0.3 is 0 Å². The molecule has 36 heavy (non-hydrogen) atoms. The van der Waals surface area contributed by atoms with Gasteiger partial charge < -0.3 is 25.7 Å². The van der Waals surface area contributed by atoms with Gasteiger partial charge in [0.15, 0.2) is 11.5 Å². The summed E-state index contributed by atoms with van der Waals surface area (Å²) in [6, 6.07) is 18.0. The quantitative estimate of drug-likeness (QED) is 0.324. The van der Waals surface area contributed by atoms with Crippen LogP contribution < -0.4 is 25.7 Å². The molecule has 182 valence electrons. The van der Waals surface area contributed by atoms with E-state index < -0.39 is 0 Å². The molecule has 0 radical (unpaired) electrons. The minimum absolute atomic E-state index is 0.108. The third kappa shape index (κ3) is 4.71. The van der Waals surface area contributed by atoms with Crippen LogP contribution >= 0.6 is 0 Å². The highest BCUT2D eigenvalue weighted by Crippen LogP contribution is 2.37. The molecule has 0 aliphatic carbocycles. The first kappa shape index (κ1) is 23.3. The van der Waals surface area contributed by atoms with Crippen molar-refractivity contribution in [3.05, 3.63) is 78.8 Å². The largest absolute Gasteiger partial charge is 0.493 e. The van der Waals surface area contributed by atoms with Crippen molar-refractivity contribution in [3.63, 3.8) is 0 Å². The maximum Gasteiger partial charge on any atom is 0.162 e. The SMILES string of the molecule is COc1cc2ncc3c(N)nc(-c4cncc(OC[C@H]([NH3+])Cc5ccccc5)c4)cc3c2cc1OC. The smallest absolute Gasteiger partial charge is 0.162 e. The number of nitrogen functional groups attached to an aromatic ring is 1. The molecule has 3 heterocycles. The molecule has 3 aromatic heterocycles. The summed E-state index contributed by atoms with van der Waals surface area (Å²) < 4.78 is 17.0. The van der Waals surface area contributed by atoms with Crippen molar-refractivity contribution >= 4 is 27.5 Å². The molecule has 0 fully saturated rings. The number of nitrogens with two attached hydrogens (primary N) is 1. The summed E-state index contributed by atoms with van der Waals surface area (Å²) in [6.45, 7) is 0.477. The lowest BCUT2D eigenvalue weighted by molar-refractivity contribution is -0.423. The first-order valence-electron chi connectivity index (χ1n) is 11.6. The third-order valence-electron chi connectivity index (χ3n) is 6.07. The number of fused-ring (bicyclic) bond motifs is 3. The van der Waals surface area contributed by atoms with Crippen LogP contribution in [0, 0.1) is 0 Å². The highest BCUT2D eigenvalue weighted by molar-refractivity contribution is 6.10. The van der Waals surface area contributed by atoms with Gasteiger partial charge in [0, 0.05) is 41.2 Å². The van der Waals surface area contributed by atoms with E-state index in [1.165, 1.54) is 5.56 Å². The van der Waals surface area contributed by atoms with E-state index in [1.807, 2.05) is 42.5 Å². The molecule has 0 spiro atoms. The van der Waals surface area contributed by atoms with Crippen LogP contribution in [0.25, 0.3) is 32.9 Å². The molecule has 1 atom stereocenters. The van der Waals surface area contributed by atoms with Crippen LogP contribution in [0.2, 0.25) is 0 Å². The van der Waals surface area contributed by atoms with Crippen molar-refractivity contribution < 1.29 is 19.9 Å². The van der Waals surface area contributed by atoms with Gasteiger partial charge in [-0.15, -0.1) is 0 Å². The van der Waals surface area contributed by atoms with E-state index in [-0.39, 0.29) is 6.04 Å². The summed E-state index contributed by atoms with van der Waals surface area (Å²) in [5.41, 5.74) is 14.1. The number of pyridine rings is 3. The third-order valence-corrected chi connectivity index (χ3v) is 6.07. The van der Waals surface area contributed by atoms with Crippen LogP contribution in [0.1, 0.15) is 5.56 Å². The second-order valence-corrected chi connectivity index (χ2v) is 8.61. The number of nitrogens with zero attached hydrogens (tertiary/aromatic N) is 3. The summed E-state index contributed by atoms with van der Waals surface area (Å²) in [7, 11) is 3.21. The Morgan fingerprint density at radius 2 is 1.67 bits per heavy atom. The molecule has 0 bridgehead atoms. The van der Waals surface area contributed by atoms with Gasteiger partial charge in [-0.05, 0) is 29.1 Å². The number of aromatic nitrogens is 3. The molecule has 5 rings (SSSR count). The van der Waals surface area contributed by atoms with Crippen molar-refractivity contribution in [1.29, 1.82) is 0 Å². The fraction of sp³-hybridized carbons (Fsp3) is 0.179. The molecule has 8 nitrogen and oxygen atoms in total. The van der Waals surface area contributed by atoms with Gasteiger partial charge in [0.2, 0.25) is 0 Å². The van der Waals surface area contributed by atoms with Crippen LogP contribution in [-0.2, 0) is 6.42 Å². The van der Waals surface area contributed by atoms with Crippen LogP contribution in [-0.4, -0.2) is 41.8 Å². The topological polar surface area (TPSA) is 120 Å². The number of quaternary nitrogens is 1. The summed E-state index contributed by atoms with van der Waals surface area (Å²) in [6.07, 6.45) is 6.01. The van der Waals surface area contributed by atoms with Gasteiger partial charge in [-0.3, -0.25) is 9.97 Å². The maximum atomic E-state index is 6.35. The minimum Gasteiger partial charge on any atom is -0.493 e. The number of methoxy groups -OCH3 is 2. The molecular formula is C28H28N5O3+. The molecule has 8 heteroatoms. The Labute approximate surface area is 208 Å². The van der Waals surface area contributed by atoms with Crippen molar-refractivity contribution in [2.24, 2.45) is 0 Å². The molecule has 0 saturated heterocycles. The van der Waals surface area contributed by atoms with Gasteiger partial charge in [0.1, 0.15) is 24.2 Å². The zero-order valence-electron chi connectivity index (χ0n) is 20.3. The molecule has 0 amide bonds. The van der Waals surface area contributed by atoms with Gasteiger partial charge in [-0.2, -0.15) is 0 Å². The summed E-state index contributed by atoms with van der Waals surface area (Å²) in [5.74, 6) is 2.27. The number of anilines is 1. The lowest BCUT2D eigenvalue weighted by Crippen LogP contribution is -2.64. The van der Waals surface area contributed by atoms with Crippen LogP contribution in [0.3, 0.4) is 0 Å². The lowest BCUT2D eigenvalue weighted by atomic mass is 10.0. The number of hydrogen-bond donors (Lipinski definition) is 2. The van der Waals surface area contributed by atoms with E-state index in [9.17, 15) is 0 Å². The average Bonchev–Trinajstić information content (AvgIpc) is 2.91. The number of ether oxygens (including phenoxy) is 3.